The third-order valence-electron chi connectivity index (χ3n) is 6.28. The number of fused-ring (bicyclic) bond motifs is 1. The summed E-state index contributed by atoms with van der Waals surface area (Å²) in [6, 6.07) is 13.8. The molecule has 2 heterocycles. The molecule has 0 aromatic heterocycles. The number of nitrogens with one attached hydrogen (secondary N) is 1. The zero-order valence-corrected chi connectivity index (χ0v) is 18.5. The standard InChI is InChI=1S/C23H29N3O3S/c1-18-7-8-19(2)22(15-18)30(28,29)26-13-11-24(12-14-26)17-23(27)25-10-9-20-5-3-4-6-21(20)16-25/h3-8,15H,9-14,16-17H2,1-2H3/p+1. The van der Waals surface area contributed by atoms with Gasteiger partial charge in [-0.1, -0.05) is 36.4 Å². The van der Waals surface area contributed by atoms with Gasteiger partial charge in [-0.05, 0) is 48.6 Å². The summed E-state index contributed by atoms with van der Waals surface area (Å²) in [7, 11) is -3.50. The molecule has 1 N–H and O–H groups in total. The van der Waals surface area contributed by atoms with Gasteiger partial charge in [0.2, 0.25) is 10.0 Å². The number of hydrogen-bond acceptors (Lipinski definition) is 3. The topological polar surface area (TPSA) is 62.1 Å². The third-order valence-corrected chi connectivity index (χ3v) is 8.32. The van der Waals surface area contributed by atoms with E-state index in [9.17, 15) is 13.2 Å². The molecule has 0 unspecified atom stereocenters. The first kappa shape index (κ1) is 21.0. The lowest BCUT2D eigenvalue weighted by molar-refractivity contribution is -0.896. The molecule has 1 amide bonds. The fraction of sp³-hybridized carbons (Fsp3) is 0.435. The molecule has 1 saturated heterocycles. The van der Waals surface area contributed by atoms with Gasteiger partial charge in [-0.15, -0.1) is 0 Å². The van der Waals surface area contributed by atoms with Gasteiger partial charge in [-0.25, -0.2) is 8.42 Å². The van der Waals surface area contributed by atoms with Crippen LogP contribution in [-0.4, -0.2) is 62.8 Å². The van der Waals surface area contributed by atoms with Crippen LogP contribution in [0.4, 0.5) is 0 Å². The van der Waals surface area contributed by atoms with Crippen LogP contribution in [0, 0.1) is 13.8 Å². The van der Waals surface area contributed by atoms with Gasteiger partial charge in [0.25, 0.3) is 5.91 Å². The average Bonchev–Trinajstić information content (AvgIpc) is 2.75. The number of aryl methyl sites for hydroxylation is 2. The maximum atomic E-state index is 13.1. The number of piperazine rings is 1. The van der Waals surface area contributed by atoms with E-state index >= 15 is 0 Å². The highest BCUT2D eigenvalue weighted by Gasteiger charge is 2.33. The Morgan fingerprint density at radius 2 is 1.70 bits per heavy atom. The molecule has 2 aliphatic heterocycles. The molecule has 0 saturated carbocycles. The number of carbonyl (C=O) groups excluding carboxylic acids is 1. The van der Waals surface area contributed by atoms with Crippen LogP contribution in [0.3, 0.4) is 0 Å². The number of quaternary nitrogens is 1. The van der Waals surface area contributed by atoms with Crippen molar-refractivity contribution in [1.82, 2.24) is 9.21 Å². The first-order valence-electron chi connectivity index (χ1n) is 10.6. The molecule has 2 aromatic carbocycles. The summed E-state index contributed by atoms with van der Waals surface area (Å²) in [6.07, 6.45) is 0.902. The van der Waals surface area contributed by atoms with Crippen LogP contribution in [0.2, 0.25) is 0 Å². The van der Waals surface area contributed by atoms with Crippen LogP contribution in [-0.2, 0) is 27.8 Å². The third kappa shape index (κ3) is 4.29. The molecule has 7 heteroatoms. The van der Waals surface area contributed by atoms with E-state index in [1.807, 2.05) is 43.0 Å². The quantitative estimate of drug-likeness (QED) is 0.783. The van der Waals surface area contributed by atoms with Crippen LogP contribution in [0.1, 0.15) is 22.3 Å². The zero-order chi connectivity index (χ0) is 21.3. The Morgan fingerprint density at radius 3 is 2.43 bits per heavy atom. The molecule has 2 aromatic rings. The summed E-state index contributed by atoms with van der Waals surface area (Å²) in [4.78, 5) is 16.3. The van der Waals surface area contributed by atoms with Crippen LogP contribution in [0.5, 0.6) is 0 Å². The number of hydrogen-bond donors (Lipinski definition) is 1. The molecule has 6 nitrogen and oxygen atoms in total. The van der Waals surface area contributed by atoms with Crippen molar-refractivity contribution in [3.63, 3.8) is 0 Å². The van der Waals surface area contributed by atoms with Gasteiger partial charge in [0, 0.05) is 13.1 Å². The summed E-state index contributed by atoms with van der Waals surface area (Å²) in [5, 5.41) is 0. The Balaban J connectivity index is 1.35. The Bertz CT molecular complexity index is 1040. The highest BCUT2D eigenvalue weighted by Crippen LogP contribution is 2.21. The van der Waals surface area contributed by atoms with Crippen LogP contribution < -0.4 is 4.90 Å². The van der Waals surface area contributed by atoms with Crippen LogP contribution >= 0.6 is 0 Å². The van der Waals surface area contributed by atoms with Crippen molar-refractivity contribution in [2.24, 2.45) is 0 Å². The first-order valence-corrected chi connectivity index (χ1v) is 12.0. The minimum absolute atomic E-state index is 0.158. The van der Waals surface area contributed by atoms with Crippen molar-refractivity contribution in [2.75, 3.05) is 39.3 Å². The fourth-order valence-corrected chi connectivity index (χ4v) is 6.13. The number of benzene rings is 2. The molecule has 0 spiro atoms. The van der Waals surface area contributed by atoms with E-state index in [-0.39, 0.29) is 5.91 Å². The zero-order valence-electron chi connectivity index (χ0n) is 17.7. The highest BCUT2D eigenvalue weighted by atomic mass is 32.2. The Labute approximate surface area is 179 Å². The van der Waals surface area contributed by atoms with E-state index < -0.39 is 10.0 Å². The largest absolute Gasteiger partial charge is 0.333 e. The summed E-state index contributed by atoms with van der Waals surface area (Å²) >= 11 is 0. The first-order chi connectivity index (χ1) is 14.3. The van der Waals surface area contributed by atoms with Gasteiger partial charge in [-0.2, -0.15) is 4.31 Å². The van der Waals surface area contributed by atoms with Gasteiger partial charge < -0.3 is 9.80 Å². The number of nitrogens with zero attached hydrogens (tertiary/aromatic N) is 2. The molecule has 0 bridgehead atoms. The molecular weight excluding hydrogens is 398 g/mol. The second-order valence-electron chi connectivity index (χ2n) is 8.43. The van der Waals surface area contributed by atoms with E-state index in [0.29, 0.717) is 44.2 Å². The second-order valence-corrected chi connectivity index (χ2v) is 10.3. The Hall–Kier alpha value is -2.22. The predicted molar refractivity (Wildman–Crippen MR) is 116 cm³/mol. The number of rotatable bonds is 4. The number of carbonyl (C=O) groups is 1. The van der Waals surface area contributed by atoms with Gasteiger partial charge in [0.05, 0.1) is 31.1 Å². The lowest BCUT2D eigenvalue weighted by Crippen LogP contribution is -3.15. The molecule has 4 rings (SSSR count). The molecule has 2 aliphatic rings. The van der Waals surface area contributed by atoms with E-state index in [1.54, 1.807) is 10.4 Å². The van der Waals surface area contributed by atoms with Gasteiger partial charge >= 0.3 is 0 Å². The predicted octanol–water partition coefficient (Wildman–Crippen LogP) is 0.778. The van der Waals surface area contributed by atoms with E-state index in [1.165, 1.54) is 11.1 Å². The molecule has 160 valence electrons. The SMILES string of the molecule is Cc1ccc(C)c(S(=O)(=O)N2CC[NH+](CC(=O)N3CCc4ccccc4C3)CC2)c1. The van der Waals surface area contributed by atoms with Gasteiger partial charge in [0.1, 0.15) is 0 Å². The maximum absolute atomic E-state index is 13.1. The smallest absolute Gasteiger partial charge is 0.278 e. The van der Waals surface area contributed by atoms with Crippen molar-refractivity contribution in [3.05, 3.63) is 64.7 Å². The fourth-order valence-electron chi connectivity index (χ4n) is 4.38. The minimum atomic E-state index is -3.50. The van der Waals surface area contributed by atoms with Crippen LogP contribution in [0.25, 0.3) is 0 Å². The van der Waals surface area contributed by atoms with Crippen molar-refractivity contribution >= 4 is 15.9 Å². The molecule has 0 radical (unpaired) electrons. The van der Waals surface area contributed by atoms with Crippen molar-refractivity contribution in [3.8, 4) is 0 Å². The van der Waals surface area contributed by atoms with Crippen molar-refractivity contribution in [2.45, 2.75) is 31.7 Å². The van der Waals surface area contributed by atoms with Crippen LogP contribution in [0.15, 0.2) is 47.4 Å². The normalized spacial score (nSPS) is 18.3. The van der Waals surface area contributed by atoms with Gasteiger partial charge in [-0.3, -0.25) is 4.79 Å². The molecular formula is C23H30N3O3S+. The number of sulfonamides is 1. The van der Waals surface area contributed by atoms with E-state index in [2.05, 4.69) is 12.1 Å². The van der Waals surface area contributed by atoms with Crippen molar-refractivity contribution < 1.29 is 18.1 Å². The molecule has 0 atom stereocenters. The minimum Gasteiger partial charge on any atom is -0.333 e. The van der Waals surface area contributed by atoms with Crippen molar-refractivity contribution in [1.29, 1.82) is 0 Å². The maximum Gasteiger partial charge on any atom is 0.278 e. The summed E-state index contributed by atoms with van der Waals surface area (Å²) in [5.74, 6) is 0.158. The Morgan fingerprint density at radius 1 is 1.00 bits per heavy atom. The summed E-state index contributed by atoms with van der Waals surface area (Å²) < 4.78 is 27.8. The second kappa shape index (κ2) is 8.49. The number of amides is 1. The summed E-state index contributed by atoms with van der Waals surface area (Å²) in [6.45, 7) is 7.81. The van der Waals surface area contributed by atoms with E-state index in [4.69, 9.17) is 0 Å². The van der Waals surface area contributed by atoms with Gasteiger partial charge in [0.15, 0.2) is 6.54 Å². The molecule has 0 aliphatic carbocycles. The monoisotopic (exact) mass is 428 g/mol. The van der Waals surface area contributed by atoms with E-state index in [0.717, 1.165) is 29.0 Å². The average molecular weight is 429 g/mol. The lowest BCUT2D eigenvalue weighted by Gasteiger charge is -2.34. The highest BCUT2D eigenvalue weighted by molar-refractivity contribution is 7.89. The lowest BCUT2D eigenvalue weighted by atomic mass is 10.00. The summed E-state index contributed by atoms with van der Waals surface area (Å²) in [5.41, 5.74) is 4.28. The molecule has 1 fully saturated rings. The molecule has 30 heavy (non-hydrogen) atoms. The Kier molecular flexibility index (Phi) is 5.95.